The number of methoxy groups -OCH3 is 1. The number of nitrogens with one attached hydrogen (secondary N) is 1. The van der Waals surface area contributed by atoms with Crippen LogP contribution in [0.5, 0.6) is 5.75 Å². The fourth-order valence-corrected chi connectivity index (χ4v) is 3.26. The number of hydrogen-bond donors (Lipinski definition) is 1. The van der Waals surface area contributed by atoms with Crippen LogP contribution in [0.15, 0.2) is 45.8 Å². The highest BCUT2D eigenvalue weighted by molar-refractivity contribution is 7.92. The lowest BCUT2D eigenvalue weighted by atomic mass is 10.2. The highest BCUT2D eigenvalue weighted by Crippen LogP contribution is 2.33. The van der Waals surface area contributed by atoms with Crippen molar-refractivity contribution in [2.75, 3.05) is 11.8 Å². The zero-order valence-electron chi connectivity index (χ0n) is 11.7. The minimum absolute atomic E-state index is 0.222. The van der Waals surface area contributed by atoms with Crippen LogP contribution >= 0.6 is 0 Å². The summed E-state index contributed by atoms with van der Waals surface area (Å²) in [4.78, 5) is -1.09. The molecular formula is C14H10F2N2O4S. The van der Waals surface area contributed by atoms with E-state index in [-0.39, 0.29) is 16.8 Å². The summed E-state index contributed by atoms with van der Waals surface area (Å²) in [5.41, 5.74) is 0.260. The fraction of sp³-hybridized carbons (Fsp3) is 0.0714. The number of rotatable bonds is 4. The van der Waals surface area contributed by atoms with E-state index < -0.39 is 26.6 Å². The summed E-state index contributed by atoms with van der Waals surface area (Å²) in [5.74, 6) is -2.34. The molecule has 0 unspecified atom stereocenters. The van der Waals surface area contributed by atoms with Crippen molar-refractivity contribution in [2.24, 2.45) is 0 Å². The van der Waals surface area contributed by atoms with Gasteiger partial charge in [-0.1, -0.05) is 17.3 Å². The zero-order chi connectivity index (χ0) is 16.6. The molecule has 1 aromatic heterocycles. The second-order valence-electron chi connectivity index (χ2n) is 4.52. The highest BCUT2D eigenvalue weighted by atomic mass is 32.2. The second-order valence-corrected chi connectivity index (χ2v) is 6.14. The molecule has 0 saturated heterocycles. The Morgan fingerprint density at radius 2 is 1.78 bits per heavy atom. The molecule has 2 aromatic carbocycles. The van der Waals surface area contributed by atoms with Crippen LogP contribution in [-0.4, -0.2) is 20.7 Å². The Morgan fingerprint density at radius 3 is 2.43 bits per heavy atom. The SMILES string of the molecule is COc1cccc2onc(NS(=O)(=O)c3c(F)cccc3F)c12. The summed E-state index contributed by atoms with van der Waals surface area (Å²) >= 11 is 0. The van der Waals surface area contributed by atoms with E-state index in [1.807, 2.05) is 4.72 Å². The fourth-order valence-electron chi connectivity index (χ4n) is 2.12. The molecule has 0 aliphatic rings. The van der Waals surface area contributed by atoms with Gasteiger partial charge in [0.15, 0.2) is 16.3 Å². The summed E-state index contributed by atoms with van der Waals surface area (Å²) in [6, 6.07) is 7.50. The Morgan fingerprint density at radius 1 is 1.13 bits per heavy atom. The number of anilines is 1. The largest absolute Gasteiger partial charge is 0.496 e. The molecule has 0 aliphatic heterocycles. The zero-order valence-corrected chi connectivity index (χ0v) is 12.5. The predicted octanol–water partition coefficient (Wildman–Crippen LogP) is 2.92. The molecule has 3 aromatic rings. The van der Waals surface area contributed by atoms with Crippen molar-refractivity contribution in [1.29, 1.82) is 0 Å². The van der Waals surface area contributed by atoms with Crippen LogP contribution in [0.4, 0.5) is 14.6 Å². The lowest BCUT2D eigenvalue weighted by Crippen LogP contribution is -2.16. The van der Waals surface area contributed by atoms with Crippen LogP contribution in [0, 0.1) is 11.6 Å². The molecule has 0 saturated carbocycles. The first-order valence-electron chi connectivity index (χ1n) is 6.33. The average molecular weight is 340 g/mol. The van der Waals surface area contributed by atoms with Gasteiger partial charge in [-0.25, -0.2) is 17.2 Å². The third-order valence-electron chi connectivity index (χ3n) is 3.10. The molecular weight excluding hydrogens is 330 g/mol. The minimum atomic E-state index is -4.54. The first-order valence-corrected chi connectivity index (χ1v) is 7.81. The van der Waals surface area contributed by atoms with Crippen molar-refractivity contribution in [3.8, 4) is 5.75 Å². The van der Waals surface area contributed by atoms with Crippen molar-refractivity contribution < 1.29 is 26.5 Å². The molecule has 1 N–H and O–H groups in total. The maximum atomic E-state index is 13.7. The molecule has 6 nitrogen and oxygen atoms in total. The van der Waals surface area contributed by atoms with Gasteiger partial charge in [0.05, 0.1) is 7.11 Å². The number of aromatic nitrogens is 1. The lowest BCUT2D eigenvalue weighted by molar-refractivity contribution is 0.419. The molecule has 1 heterocycles. The number of halogens is 2. The number of hydrogen-bond acceptors (Lipinski definition) is 5. The molecule has 120 valence electrons. The monoisotopic (exact) mass is 340 g/mol. The van der Waals surface area contributed by atoms with Gasteiger partial charge in [0, 0.05) is 0 Å². The smallest absolute Gasteiger partial charge is 0.269 e. The van der Waals surface area contributed by atoms with Crippen molar-refractivity contribution in [3.05, 3.63) is 48.0 Å². The van der Waals surface area contributed by atoms with Crippen LogP contribution in [0.25, 0.3) is 11.0 Å². The maximum Gasteiger partial charge on any atom is 0.269 e. The van der Waals surface area contributed by atoms with E-state index in [9.17, 15) is 17.2 Å². The number of sulfonamides is 1. The number of fused-ring (bicyclic) bond motifs is 1. The first kappa shape index (κ1) is 15.2. The van der Waals surface area contributed by atoms with Gasteiger partial charge in [0.1, 0.15) is 22.8 Å². The Hall–Kier alpha value is -2.68. The Balaban J connectivity index is 2.12. The van der Waals surface area contributed by atoms with Crippen molar-refractivity contribution in [2.45, 2.75) is 4.90 Å². The summed E-state index contributed by atoms with van der Waals surface area (Å²) in [6.07, 6.45) is 0. The molecule has 0 atom stereocenters. The number of benzene rings is 2. The van der Waals surface area contributed by atoms with E-state index in [4.69, 9.17) is 9.26 Å². The Labute approximate surface area is 129 Å². The molecule has 3 rings (SSSR count). The van der Waals surface area contributed by atoms with E-state index in [1.165, 1.54) is 7.11 Å². The predicted molar refractivity (Wildman–Crippen MR) is 77.7 cm³/mol. The van der Waals surface area contributed by atoms with Gasteiger partial charge in [0.2, 0.25) is 0 Å². The summed E-state index contributed by atoms with van der Waals surface area (Å²) in [7, 11) is -3.15. The molecule has 0 bridgehead atoms. The van der Waals surface area contributed by atoms with E-state index in [2.05, 4.69) is 5.16 Å². The van der Waals surface area contributed by atoms with Gasteiger partial charge in [-0.3, -0.25) is 4.72 Å². The molecule has 0 fully saturated rings. The van der Waals surface area contributed by atoms with Crippen molar-refractivity contribution in [1.82, 2.24) is 5.16 Å². The van der Waals surface area contributed by atoms with Gasteiger partial charge >= 0.3 is 0 Å². The minimum Gasteiger partial charge on any atom is -0.496 e. The Bertz CT molecular complexity index is 965. The van der Waals surface area contributed by atoms with Crippen molar-refractivity contribution >= 4 is 26.8 Å². The van der Waals surface area contributed by atoms with Crippen LogP contribution in [-0.2, 0) is 10.0 Å². The van der Waals surface area contributed by atoms with E-state index >= 15 is 0 Å². The molecule has 0 aliphatic carbocycles. The molecule has 0 spiro atoms. The molecule has 23 heavy (non-hydrogen) atoms. The van der Waals surface area contributed by atoms with Gasteiger partial charge in [0.25, 0.3) is 10.0 Å². The Kier molecular flexibility index (Phi) is 3.64. The summed E-state index contributed by atoms with van der Waals surface area (Å²) in [6.45, 7) is 0. The maximum absolute atomic E-state index is 13.7. The van der Waals surface area contributed by atoms with E-state index in [1.54, 1.807) is 18.2 Å². The van der Waals surface area contributed by atoms with Gasteiger partial charge in [-0.15, -0.1) is 0 Å². The standard InChI is InChI=1S/C14H10F2N2O4S/c1-21-10-6-3-7-11-12(10)14(17-22-11)18-23(19,20)13-8(15)4-2-5-9(13)16/h2-7H,1H3,(H,17,18). The van der Waals surface area contributed by atoms with Crippen molar-refractivity contribution in [3.63, 3.8) is 0 Å². The highest BCUT2D eigenvalue weighted by Gasteiger charge is 2.26. The summed E-state index contributed by atoms with van der Waals surface area (Å²) < 4.78 is 64.1. The van der Waals surface area contributed by atoms with Crippen LogP contribution in [0.2, 0.25) is 0 Å². The summed E-state index contributed by atoms with van der Waals surface area (Å²) in [5, 5.41) is 3.83. The van der Waals surface area contributed by atoms with E-state index in [0.717, 1.165) is 18.2 Å². The normalized spacial score (nSPS) is 11.6. The quantitative estimate of drug-likeness (QED) is 0.790. The van der Waals surface area contributed by atoms with Crippen LogP contribution in [0.1, 0.15) is 0 Å². The van der Waals surface area contributed by atoms with Gasteiger partial charge in [-0.2, -0.15) is 0 Å². The number of nitrogens with zero attached hydrogens (tertiary/aromatic N) is 1. The molecule has 0 amide bonds. The topological polar surface area (TPSA) is 81.4 Å². The number of ether oxygens (including phenoxy) is 1. The van der Waals surface area contributed by atoms with Gasteiger partial charge in [-0.05, 0) is 24.3 Å². The van der Waals surface area contributed by atoms with E-state index in [0.29, 0.717) is 5.75 Å². The second kappa shape index (κ2) is 5.51. The first-order chi connectivity index (χ1) is 10.9. The molecule has 0 radical (unpaired) electrons. The third-order valence-corrected chi connectivity index (χ3v) is 4.49. The van der Waals surface area contributed by atoms with Crippen LogP contribution < -0.4 is 9.46 Å². The van der Waals surface area contributed by atoms with Crippen LogP contribution in [0.3, 0.4) is 0 Å². The molecule has 9 heteroatoms. The average Bonchev–Trinajstić information content (AvgIpc) is 2.89. The lowest BCUT2D eigenvalue weighted by Gasteiger charge is -2.08. The third kappa shape index (κ3) is 2.59. The van der Waals surface area contributed by atoms with Gasteiger partial charge < -0.3 is 9.26 Å².